The molecule has 0 spiro atoms. The molecule has 110 valence electrons. The van der Waals surface area contributed by atoms with E-state index in [9.17, 15) is 4.79 Å². The number of benzene rings is 1. The molecule has 0 aliphatic rings. The quantitative estimate of drug-likeness (QED) is 0.536. The zero-order valence-corrected chi connectivity index (χ0v) is 13.1. The fourth-order valence-electron chi connectivity index (χ4n) is 1.75. The van der Waals surface area contributed by atoms with E-state index >= 15 is 0 Å². The van der Waals surface area contributed by atoms with Crippen LogP contribution in [-0.4, -0.2) is 10.9 Å². The first-order valence-corrected chi connectivity index (χ1v) is 6.61. The predicted octanol–water partition coefficient (Wildman–Crippen LogP) is -1.44. The summed E-state index contributed by atoms with van der Waals surface area (Å²) in [6.45, 7) is 2.27. The lowest BCUT2D eigenvalue weighted by Crippen LogP contribution is -3.00. The molecule has 2 aromatic rings. The van der Waals surface area contributed by atoms with Crippen LogP contribution in [0.4, 0.5) is 5.69 Å². The summed E-state index contributed by atoms with van der Waals surface area (Å²) in [4.78, 5) is 12.3. The average Bonchev–Trinajstić information content (AvgIpc) is 2.41. The second-order valence-electron chi connectivity index (χ2n) is 4.54. The normalized spacial score (nSPS) is 9.57. The molecule has 0 radical (unpaired) electrons. The van der Waals surface area contributed by atoms with Crippen LogP contribution in [0.5, 0.6) is 0 Å². The Bertz CT molecular complexity index is 644. The van der Waals surface area contributed by atoms with Gasteiger partial charge < -0.3 is 23.5 Å². The third-order valence-electron chi connectivity index (χ3n) is 2.81. The highest BCUT2D eigenvalue weighted by Gasteiger charge is 2.09. The van der Waals surface area contributed by atoms with E-state index in [1.807, 2.05) is 48.1 Å². The number of pyridine rings is 1. The molecule has 21 heavy (non-hydrogen) atoms. The van der Waals surface area contributed by atoms with Crippen LogP contribution in [0.1, 0.15) is 11.1 Å². The number of rotatable bonds is 4. The van der Waals surface area contributed by atoms with Gasteiger partial charge in [-0.2, -0.15) is 4.57 Å². The van der Waals surface area contributed by atoms with Crippen LogP contribution in [0.2, 0.25) is 0 Å². The number of carbonyl (C=O) groups is 1. The summed E-state index contributed by atoms with van der Waals surface area (Å²) >= 11 is 4.91. The van der Waals surface area contributed by atoms with Gasteiger partial charge in [-0.05, 0) is 24.6 Å². The summed E-state index contributed by atoms with van der Waals surface area (Å²) < 4.78 is 1.82. The Morgan fingerprint density at radius 3 is 2.57 bits per heavy atom. The van der Waals surface area contributed by atoms with Gasteiger partial charge in [0, 0.05) is 23.4 Å². The van der Waals surface area contributed by atoms with Gasteiger partial charge in [0.25, 0.3) is 5.91 Å². The fraction of sp³-hybridized carbons (Fsp3) is 0.133. The van der Waals surface area contributed by atoms with E-state index in [2.05, 4.69) is 5.32 Å². The van der Waals surface area contributed by atoms with E-state index in [0.717, 1.165) is 11.1 Å². The van der Waals surface area contributed by atoms with E-state index in [4.69, 9.17) is 18.0 Å². The van der Waals surface area contributed by atoms with Crippen molar-refractivity contribution < 1.29 is 21.8 Å². The van der Waals surface area contributed by atoms with Gasteiger partial charge in [-0.3, -0.25) is 4.79 Å². The van der Waals surface area contributed by atoms with Gasteiger partial charge in [-0.15, -0.1) is 0 Å². The van der Waals surface area contributed by atoms with E-state index in [1.54, 1.807) is 12.1 Å². The van der Waals surface area contributed by atoms with Crippen molar-refractivity contribution in [2.45, 2.75) is 13.5 Å². The Balaban J connectivity index is 0.00000220. The van der Waals surface area contributed by atoms with Crippen LogP contribution in [0, 0.1) is 6.92 Å². The fourth-order valence-corrected chi connectivity index (χ4v) is 1.88. The van der Waals surface area contributed by atoms with Gasteiger partial charge >= 0.3 is 0 Å². The minimum atomic E-state index is -0.0982. The van der Waals surface area contributed by atoms with Crippen LogP contribution in [-0.2, 0) is 11.3 Å². The molecule has 0 aliphatic heterocycles. The summed E-state index contributed by atoms with van der Waals surface area (Å²) in [5, 5.41) is 2.83. The largest absolute Gasteiger partial charge is 1.00 e. The van der Waals surface area contributed by atoms with Crippen molar-refractivity contribution in [2.75, 3.05) is 5.32 Å². The first-order chi connectivity index (χ1) is 9.54. The molecule has 0 fully saturated rings. The molecule has 0 aliphatic carbocycles. The molecule has 1 heterocycles. The number of amides is 1. The van der Waals surface area contributed by atoms with Crippen molar-refractivity contribution in [3.63, 3.8) is 0 Å². The number of hydrogen-bond donors (Lipinski definition) is 2. The van der Waals surface area contributed by atoms with Gasteiger partial charge in [0.05, 0.1) is 0 Å². The van der Waals surface area contributed by atoms with E-state index in [0.29, 0.717) is 10.7 Å². The zero-order chi connectivity index (χ0) is 14.5. The van der Waals surface area contributed by atoms with E-state index in [1.165, 1.54) is 0 Å². The summed E-state index contributed by atoms with van der Waals surface area (Å²) in [5.41, 5.74) is 8.15. The second kappa shape index (κ2) is 7.71. The number of carbonyl (C=O) groups excluding carboxylic acids is 1. The number of aryl methyl sites for hydroxylation is 1. The number of halogens is 1. The predicted molar refractivity (Wildman–Crippen MR) is 82.3 cm³/mol. The molecule has 4 nitrogen and oxygen atoms in total. The summed E-state index contributed by atoms with van der Waals surface area (Å²) in [7, 11) is 0. The Morgan fingerprint density at radius 1 is 1.29 bits per heavy atom. The SMILES string of the molecule is Cc1cc[n+](CC(=O)Nc2cccc(C(N)=S)c2)cc1.[Cl-]. The van der Waals surface area contributed by atoms with Crippen molar-refractivity contribution >= 4 is 28.8 Å². The van der Waals surface area contributed by atoms with Crippen LogP contribution >= 0.6 is 12.2 Å². The molecule has 1 aromatic carbocycles. The van der Waals surface area contributed by atoms with Gasteiger partial charge in [0.15, 0.2) is 12.4 Å². The highest BCUT2D eigenvalue weighted by Crippen LogP contribution is 2.10. The highest BCUT2D eigenvalue weighted by molar-refractivity contribution is 7.80. The zero-order valence-electron chi connectivity index (χ0n) is 11.5. The van der Waals surface area contributed by atoms with Gasteiger partial charge in [0.2, 0.25) is 6.54 Å². The molecular weight excluding hydrogens is 306 g/mol. The second-order valence-corrected chi connectivity index (χ2v) is 4.98. The van der Waals surface area contributed by atoms with Crippen molar-refractivity contribution in [2.24, 2.45) is 5.73 Å². The van der Waals surface area contributed by atoms with Crippen molar-refractivity contribution in [3.05, 3.63) is 59.9 Å². The average molecular weight is 322 g/mol. The Labute approximate surface area is 135 Å². The van der Waals surface area contributed by atoms with Crippen LogP contribution < -0.4 is 28.0 Å². The smallest absolute Gasteiger partial charge is 0.290 e. The third kappa shape index (κ3) is 5.13. The van der Waals surface area contributed by atoms with Gasteiger partial charge in [-0.25, -0.2) is 0 Å². The third-order valence-corrected chi connectivity index (χ3v) is 3.05. The maximum Gasteiger partial charge on any atom is 0.290 e. The standard InChI is InChI=1S/C15H15N3OS.ClH/c1-11-5-7-18(8-6-11)10-14(19)17-13-4-2-3-12(9-13)15(16)20;/h2-9H,10H2,1H3,(H2-,16,17,19,20);1H. The van der Waals surface area contributed by atoms with Crippen molar-refractivity contribution in [1.29, 1.82) is 0 Å². The number of hydrogen-bond acceptors (Lipinski definition) is 2. The minimum Gasteiger partial charge on any atom is -1.00 e. The van der Waals surface area contributed by atoms with Crippen LogP contribution in [0.3, 0.4) is 0 Å². The number of nitrogens with two attached hydrogens (primary N) is 1. The topological polar surface area (TPSA) is 59.0 Å². The molecule has 0 unspecified atom stereocenters. The number of thiocarbonyl (C=S) groups is 1. The Hall–Kier alpha value is -1.98. The van der Waals surface area contributed by atoms with Gasteiger partial charge in [0.1, 0.15) is 4.99 Å². The monoisotopic (exact) mass is 321 g/mol. The lowest BCUT2D eigenvalue weighted by molar-refractivity contribution is -0.684. The molecule has 2 rings (SSSR count). The molecule has 3 N–H and O–H groups in total. The Kier molecular flexibility index (Phi) is 6.27. The highest BCUT2D eigenvalue weighted by atomic mass is 35.5. The Morgan fingerprint density at radius 2 is 1.95 bits per heavy atom. The molecule has 1 amide bonds. The maximum atomic E-state index is 12.0. The lowest BCUT2D eigenvalue weighted by atomic mass is 10.2. The molecule has 0 saturated carbocycles. The summed E-state index contributed by atoms with van der Waals surface area (Å²) in [5.74, 6) is -0.0982. The summed E-state index contributed by atoms with van der Waals surface area (Å²) in [6.07, 6.45) is 3.75. The molecule has 0 saturated heterocycles. The van der Waals surface area contributed by atoms with Crippen molar-refractivity contribution in [1.82, 2.24) is 0 Å². The minimum absolute atomic E-state index is 0. The van der Waals surface area contributed by atoms with Crippen LogP contribution in [0.25, 0.3) is 0 Å². The summed E-state index contributed by atoms with van der Waals surface area (Å²) in [6, 6.07) is 11.1. The first-order valence-electron chi connectivity index (χ1n) is 6.20. The molecule has 0 atom stereocenters. The van der Waals surface area contributed by atoms with E-state index in [-0.39, 0.29) is 24.9 Å². The number of nitrogens with zero attached hydrogens (tertiary/aromatic N) is 1. The molecular formula is C15H16ClN3OS. The first kappa shape index (κ1) is 17.1. The number of anilines is 1. The lowest BCUT2D eigenvalue weighted by Gasteiger charge is -2.05. The number of aromatic nitrogens is 1. The maximum absolute atomic E-state index is 12.0. The molecule has 0 bridgehead atoms. The molecule has 6 heteroatoms. The number of nitrogens with one attached hydrogen (secondary N) is 1. The van der Waals surface area contributed by atoms with Crippen molar-refractivity contribution in [3.8, 4) is 0 Å². The van der Waals surface area contributed by atoms with Crippen LogP contribution in [0.15, 0.2) is 48.8 Å². The van der Waals surface area contributed by atoms with Gasteiger partial charge in [-0.1, -0.05) is 24.4 Å². The molecule has 1 aromatic heterocycles. The van der Waals surface area contributed by atoms with E-state index < -0.39 is 0 Å².